The number of hydrogen-bond donors (Lipinski definition) is 1. The number of likely N-dealkylation sites (N-methyl/N-ethyl adjacent to an activating group) is 1. The van der Waals surface area contributed by atoms with Crippen molar-refractivity contribution in [2.24, 2.45) is 5.84 Å². The molecule has 1 aromatic carbocycles. The van der Waals surface area contributed by atoms with E-state index in [1.165, 1.54) is 0 Å². The van der Waals surface area contributed by atoms with Crippen molar-refractivity contribution in [3.8, 4) is 17.2 Å². The van der Waals surface area contributed by atoms with Gasteiger partial charge in [-0.05, 0) is 18.1 Å². The lowest BCUT2D eigenvalue weighted by Crippen LogP contribution is -2.28. The summed E-state index contributed by atoms with van der Waals surface area (Å²) in [6, 6.07) is 3.83. The number of halogens is 1. The van der Waals surface area contributed by atoms with Crippen LogP contribution in [0.5, 0.6) is 17.2 Å². The molecule has 0 saturated carbocycles. The first-order valence-corrected chi connectivity index (χ1v) is 5.37. The van der Waals surface area contributed by atoms with E-state index in [2.05, 4.69) is 0 Å². The molecule has 0 atom stereocenters. The Morgan fingerprint density at radius 2 is 1.67 bits per heavy atom. The molecule has 0 radical (unpaired) electrons. The van der Waals surface area contributed by atoms with Gasteiger partial charge in [-0.15, -0.1) is 12.4 Å². The molecule has 0 aliphatic rings. The zero-order valence-corrected chi connectivity index (χ0v) is 12.0. The number of methoxy groups -OCH3 is 3. The molecule has 0 heterocycles. The summed E-state index contributed by atoms with van der Waals surface area (Å²) >= 11 is 0. The van der Waals surface area contributed by atoms with Gasteiger partial charge in [-0.3, -0.25) is 5.84 Å². The van der Waals surface area contributed by atoms with Crippen molar-refractivity contribution < 1.29 is 14.2 Å². The van der Waals surface area contributed by atoms with Gasteiger partial charge in [0.15, 0.2) is 11.5 Å². The normalized spacial score (nSPS) is 9.89. The maximum absolute atomic E-state index is 5.59. The van der Waals surface area contributed by atoms with Crippen LogP contribution in [0.1, 0.15) is 5.56 Å². The van der Waals surface area contributed by atoms with Gasteiger partial charge in [0, 0.05) is 13.6 Å². The number of nitrogens with zero attached hydrogens (tertiary/aromatic N) is 1. The molecule has 0 aliphatic carbocycles. The van der Waals surface area contributed by atoms with Crippen LogP contribution in [0.15, 0.2) is 12.1 Å². The van der Waals surface area contributed by atoms with Gasteiger partial charge in [-0.2, -0.15) is 0 Å². The summed E-state index contributed by atoms with van der Waals surface area (Å²) in [6.07, 6.45) is 0.788. The van der Waals surface area contributed by atoms with Gasteiger partial charge in [0.1, 0.15) is 0 Å². The molecule has 1 rings (SSSR count). The zero-order chi connectivity index (χ0) is 12.8. The smallest absolute Gasteiger partial charge is 0.203 e. The van der Waals surface area contributed by atoms with E-state index in [0.29, 0.717) is 17.2 Å². The second-order valence-electron chi connectivity index (χ2n) is 3.72. The standard InChI is InChI=1S/C12H20N2O3.ClH/c1-14(13)8-7-9-5-6-10(15-2)12(17-4)11(9)16-3;/h5-6H,7-8,13H2,1-4H3;1H. The van der Waals surface area contributed by atoms with Crippen molar-refractivity contribution in [1.29, 1.82) is 0 Å². The van der Waals surface area contributed by atoms with Crippen molar-refractivity contribution in [2.45, 2.75) is 6.42 Å². The van der Waals surface area contributed by atoms with Crippen LogP contribution in [0.2, 0.25) is 0 Å². The Morgan fingerprint density at radius 1 is 1.06 bits per heavy atom. The molecular weight excluding hydrogens is 256 g/mol. The van der Waals surface area contributed by atoms with Crippen LogP contribution in [-0.2, 0) is 6.42 Å². The number of hydrogen-bond acceptors (Lipinski definition) is 5. The van der Waals surface area contributed by atoms with Crippen molar-refractivity contribution in [3.63, 3.8) is 0 Å². The summed E-state index contributed by atoms with van der Waals surface area (Å²) < 4.78 is 15.9. The van der Waals surface area contributed by atoms with Gasteiger partial charge in [0.05, 0.1) is 21.3 Å². The van der Waals surface area contributed by atoms with Gasteiger partial charge in [0.25, 0.3) is 0 Å². The van der Waals surface area contributed by atoms with Crippen LogP contribution >= 0.6 is 12.4 Å². The molecule has 0 amide bonds. The largest absolute Gasteiger partial charge is 0.493 e. The SMILES string of the molecule is COc1ccc(CCN(C)N)c(OC)c1OC.Cl. The molecule has 0 aromatic heterocycles. The topological polar surface area (TPSA) is 57.0 Å². The van der Waals surface area contributed by atoms with E-state index in [1.54, 1.807) is 26.3 Å². The van der Waals surface area contributed by atoms with E-state index in [4.69, 9.17) is 20.1 Å². The Kier molecular flexibility index (Phi) is 7.50. The number of ether oxygens (including phenoxy) is 3. The first-order chi connectivity index (χ1) is 8.13. The third-order valence-electron chi connectivity index (χ3n) is 2.52. The molecular formula is C12H21ClN2O3. The lowest BCUT2D eigenvalue weighted by atomic mass is 10.1. The molecule has 0 spiro atoms. The average molecular weight is 277 g/mol. The maximum Gasteiger partial charge on any atom is 0.203 e. The predicted molar refractivity (Wildman–Crippen MR) is 73.9 cm³/mol. The monoisotopic (exact) mass is 276 g/mol. The Labute approximate surface area is 114 Å². The highest BCUT2D eigenvalue weighted by molar-refractivity contribution is 5.85. The van der Waals surface area contributed by atoms with E-state index >= 15 is 0 Å². The lowest BCUT2D eigenvalue weighted by Gasteiger charge is -2.16. The summed E-state index contributed by atoms with van der Waals surface area (Å²) in [5.41, 5.74) is 1.04. The third-order valence-corrected chi connectivity index (χ3v) is 2.52. The third kappa shape index (κ3) is 3.94. The summed E-state index contributed by atoms with van der Waals surface area (Å²) in [7, 11) is 6.64. The van der Waals surface area contributed by atoms with Gasteiger partial charge < -0.3 is 14.2 Å². The second-order valence-corrected chi connectivity index (χ2v) is 3.72. The van der Waals surface area contributed by atoms with Crippen LogP contribution in [0.3, 0.4) is 0 Å². The Bertz CT molecular complexity index is 373. The zero-order valence-electron chi connectivity index (χ0n) is 11.2. The number of rotatable bonds is 6. The molecule has 0 unspecified atom stereocenters. The molecule has 1 aromatic rings. The quantitative estimate of drug-likeness (QED) is 0.630. The van der Waals surface area contributed by atoms with E-state index in [1.807, 2.05) is 19.2 Å². The molecule has 6 heteroatoms. The molecule has 5 nitrogen and oxygen atoms in total. The molecule has 0 fully saturated rings. The molecule has 0 aliphatic heterocycles. The fourth-order valence-corrected chi connectivity index (χ4v) is 1.66. The van der Waals surface area contributed by atoms with Crippen LogP contribution in [-0.4, -0.2) is 39.9 Å². The van der Waals surface area contributed by atoms with Gasteiger partial charge in [-0.1, -0.05) is 6.07 Å². The summed E-state index contributed by atoms with van der Waals surface area (Å²) in [6.45, 7) is 0.742. The highest BCUT2D eigenvalue weighted by Crippen LogP contribution is 2.39. The molecule has 2 N–H and O–H groups in total. The van der Waals surface area contributed by atoms with Crippen LogP contribution in [0, 0.1) is 0 Å². The Balaban J connectivity index is 0.00000289. The summed E-state index contributed by atoms with van der Waals surface area (Å²) in [5, 5.41) is 1.64. The summed E-state index contributed by atoms with van der Waals surface area (Å²) in [4.78, 5) is 0. The van der Waals surface area contributed by atoms with Gasteiger partial charge in [-0.25, -0.2) is 5.01 Å². The Hall–Kier alpha value is -1.17. The van der Waals surface area contributed by atoms with E-state index in [9.17, 15) is 0 Å². The van der Waals surface area contributed by atoms with Crippen LogP contribution < -0.4 is 20.1 Å². The molecule has 104 valence electrons. The molecule has 0 saturated heterocycles. The minimum Gasteiger partial charge on any atom is -0.493 e. The second kappa shape index (κ2) is 8.02. The molecule has 18 heavy (non-hydrogen) atoms. The van der Waals surface area contributed by atoms with E-state index in [0.717, 1.165) is 18.5 Å². The van der Waals surface area contributed by atoms with Gasteiger partial charge >= 0.3 is 0 Å². The minimum atomic E-state index is 0. The lowest BCUT2D eigenvalue weighted by molar-refractivity contribution is 0.318. The number of hydrazine groups is 1. The first kappa shape index (κ1) is 16.8. The maximum atomic E-state index is 5.59. The van der Waals surface area contributed by atoms with Crippen molar-refractivity contribution in [2.75, 3.05) is 34.9 Å². The van der Waals surface area contributed by atoms with Crippen molar-refractivity contribution >= 4 is 12.4 Å². The number of nitrogens with two attached hydrogens (primary N) is 1. The van der Waals surface area contributed by atoms with Crippen LogP contribution in [0.4, 0.5) is 0 Å². The van der Waals surface area contributed by atoms with E-state index in [-0.39, 0.29) is 12.4 Å². The van der Waals surface area contributed by atoms with E-state index < -0.39 is 0 Å². The fraction of sp³-hybridized carbons (Fsp3) is 0.500. The average Bonchev–Trinajstić information content (AvgIpc) is 2.34. The minimum absolute atomic E-state index is 0. The highest BCUT2D eigenvalue weighted by atomic mass is 35.5. The summed E-state index contributed by atoms with van der Waals surface area (Å²) in [5.74, 6) is 7.58. The van der Waals surface area contributed by atoms with Crippen molar-refractivity contribution in [1.82, 2.24) is 5.01 Å². The first-order valence-electron chi connectivity index (χ1n) is 5.37. The van der Waals surface area contributed by atoms with Crippen molar-refractivity contribution in [3.05, 3.63) is 17.7 Å². The predicted octanol–water partition coefficient (Wildman–Crippen LogP) is 1.48. The fourth-order valence-electron chi connectivity index (χ4n) is 1.66. The van der Waals surface area contributed by atoms with Gasteiger partial charge in [0.2, 0.25) is 5.75 Å². The number of benzene rings is 1. The van der Waals surface area contributed by atoms with Crippen LogP contribution in [0.25, 0.3) is 0 Å². The highest BCUT2D eigenvalue weighted by Gasteiger charge is 2.15. The Morgan fingerprint density at radius 3 is 2.11 bits per heavy atom. The molecule has 0 bridgehead atoms.